The summed E-state index contributed by atoms with van der Waals surface area (Å²) in [4.78, 5) is 24.7. The molecule has 0 radical (unpaired) electrons. The first-order valence-corrected chi connectivity index (χ1v) is 5.66. The minimum atomic E-state index is -1.69. The molecule has 4 N–H and O–H groups in total. The van der Waals surface area contributed by atoms with Crippen LogP contribution >= 0.6 is 0 Å². The number of nitrogens with one attached hydrogen (secondary N) is 1. The minimum Gasteiger partial charge on any atom is -0.478 e. The lowest BCUT2D eigenvalue weighted by Gasteiger charge is -2.41. The monoisotopic (exact) mass is 249 g/mol. The Labute approximate surface area is 104 Å². The second kappa shape index (κ2) is 4.75. The van der Waals surface area contributed by atoms with Crippen LogP contribution in [0.15, 0.2) is 30.3 Å². The van der Waals surface area contributed by atoms with E-state index < -0.39 is 11.6 Å². The largest absolute Gasteiger partial charge is 0.478 e. The smallest absolute Gasteiger partial charge is 0.346 e. The molecule has 1 heterocycles. The molecule has 18 heavy (non-hydrogen) atoms. The Morgan fingerprint density at radius 3 is 2.61 bits per heavy atom. The number of hydrogen-bond acceptors (Lipinski definition) is 4. The van der Waals surface area contributed by atoms with Crippen molar-refractivity contribution in [2.24, 2.45) is 5.73 Å². The lowest BCUT2D eigenvalue weighted by molar-refractivity contribution is -0.150. The maximum Gasteiger partial charge on any atom is 0.346 e. The van der Waals surface area contributed by atoms with Gasteiger partial charge in [-0.25, -0.2) is 4.79 Å². The van der Waals surface area contributed by atoms with E-state index in [1.54, 1.807) is 30.3 Å². The SMILES string of the molecule is NC1(C(=O)O)CNCCN1C(=O)c1ccccc1. The predicted octanol–water partition coefficient (Wildman–Crippen LogP) is -0.528. The van der Waals surface area contributed by atoms with Gasteiger partial charge in [0.1, 0.15) is 0 Å². The molecule has 1 fully saturated rings. The summed E-state index contributed by atoms with van der Waals surface area (Å²) in [5.74, 6) is -1.57. The fourth-order valence-corrected chi connectivity index (χ4v) is 1.98. The molecule has 0 spiro atoms. The molecule has 96 valence electrons. The molecule has 1 saturated heterocycles. The van der Waals surface area contributed by atoms with E-state index in [1.165, 1.54) is 4.90 Å². The number of carboxylic acids is 1. The molecule has 1 amide bonds. The third-order valence-corrected chi connectivity index (χ3v) is 3.02. The average Bonchev–Trinajstić information content (AvgIpc) is 2.39. The third-order valence-electron chi connectivity index (χ3n) is 3.02. The Bertz CT molecular complexity index is 463. The molecule has 1 aromatic rings. The standard InChI is InChI=1S/C12H15N3O3/c13-12(11(17)18)8-14-6-7-15(12)10(16)9-4-2-1-3-5-9/h1-5,14H,6-8,13H2,(H,17,18). The Kier molecular flexibility index (Phi) is 3.31. The minimum absolute atomic E-state index is 0.0426. The molecular formula is C12H15N3O3. The number of carbonyl (C=O) groups is 2. The molecule has 1 aliphatic rings. The van der Waals surface area contributed by atoms with Crippen LogP contribution in [0.5, 0.6) is 0 Å². The number of aliphatic carboxylic acids is 1. The fraction of sp³-hybridized carbons (Fsp3) is 0.333. The highest BCUT2D eigenvalue weighted by Crippen LogP contribution is 2.16. The summed E-state index contributed by atoms with van der Waals surface area (Å²) < 4.78 is 0. The summed E-state index contributed by atoms with van der Waals surface area (Å²) in [5.41, 5.74) is 4.58. The van der Waals surface area contributed by atoms with Gasteiger partial charge in [-0.15, -0.1) is 0 Å². The van der Waals surface area contributed by atoms with Crippen molar-refractivity contribution < 1.29 is 14.7 Å². The third kappa shape index (κ3) is 2.07. The number of piperazine rings is 1. The van der Waals surface area contributed by atoms with Gasteiger partial charge in [0.15, 0.2) is 0 Å². The number of hydrogen-bond donors (Lipinski definition) is 3. The van der Waals surface area contributed by atoms with E-state index in [0.29, 0.717) is 12.1 Å². The van der Waals surface area contributed by atoms with Crippen LogP contribution in [0, 0.1) is 0 Å². The number of nitrogens with zero attached hydrogens (tertiary/aromatic N) is 1. The topological polar surface area (TPSA) is 95.7 Å². The average molecular weight is 249 g/mol. The van der Waals surface area contributed by atoms with Gasteiger partial charge in [0.25, 0.3) is 5.91 Å². The number of carboxylic acid groups (broad SMARTS) is 1. The molecule has 6 heteroatoms. The summed E-state index contributed by atoms with van der Waals surface area (Å²) in [6, 6.07) is 8.55. The number of nitrogens with two attached hydrogens (primary N) is 1. The van der Waals surface area contributed by atoms with E-state index in [1.807, 2.05) is 0 Å². The fourth-order valence-electron chi connectivity index (χ4n) is 1.98. The number of benzene rings is 1. The summed E-state index contributed by atoms with van der Waals surface area (Å²) in [5, 5.41) is 12.1. The first kappa shape index (κ1) is 12.5. The Hall–Kier alpha value is -1.92. The summed E-state index contributed by atoms with van der Waals surface area (Å²) in [7, 11) is 0. The van der Waals surface area contributed by atoms with Gasteiger partial charge in [0.2, 0.25) is 5.66 Å². The van der Waals surface area contributed by atoms with E-state index >= 15 is 0 Å². The lowest BCUT2D eigenvalue weighted by Crippen LogP contribution is -2.72. The van der Waals surface area contributed by atoms with Crippen molar-refractivity contribution in [3.05, 3.63) is 35.9 Å². The van der Waals surface area contributed by atoms with Crippen molar-refractivity contribution in [2.45, 2.75) is 5.66 Å². The van der Waals surface area contributed by atoms with Gasteiger partial charge in [0.05, 0.1) is 0 Å². The molecule has 1 atom stereocenters. The molecular weight excluding hydrogens is 234 g/mol. The molecule has 0 bridgehead atoms. The molecule has 2 rings (SSSR count). The molecule has 1 aliphatic heterocycles. The van der Waals surface area contributed by atoms with Crippen molar-refractivity contribution in [2.75, 3.05) is 19.6 Å². The van der Waals surface area contributed by atoms with Crippen molar-refractivity contribution >= 4 is 11.9 Å². The van der Waals surface area contributed by atoms with Crippen molar-refractivity contribution in [3.63, 3.8) is 0 Å². The van der Waals surface area contributed by atoms with Crippen molar-refractivity contribution in [1.82, 2.24) is 10.2 Å². The summed E-state index contributed by atoms with van der Waals surface area (Å²) in [6.07, 6.45) is 0. The van der Waals surface area contributed by atoms with Gasteiger partial charge in [0, 0.05) is 25.2 Å². The summed E-state index contributed by atoms with van der Waals surface area (Å²) in [6.45, 7) is 0.849. The lowest BCUT2D eigenvalue weighted by atomic mass is 10.0. The molecule has 0 aromatic heterocycles. The maximum absolute atomic E-state index is 12.3. The second-order valence-electron chi connectivity index (χ2n) is 4.23. The molecule has 6 nitrogen and oxygen atoms in total. The maximum atomic E-state index is 12.3. The molecule has 0 aliphatic carbocycles. The van der Waals surface area contributed by atoms with Gasteiger partial charge in [-0.1, -0.05) is 18.2 Å². The zero-order chi connectivity index (χ0) is 13.2. The molecule has 0 saturated carbocycles. The van der Waals surface area contributed by atoms with Gasteiger partial charge in [-0.05, 0) is 12.1 Å². The van der Waals surface area contributed by atoms with Gasteiger partial charge in [-0.2, -0.15) is 0 Å². The van der Waals surface area contributed by atoms with Crippen LogP contribution < -0.4 is 11.1 Å². The van der Waals surface area contributed by atoms with Gasteiger partial charge >= 0.3 is 5.97 Å². The van der Waals surface area contributed by atoms with Gasteiger partial charge in [-0.3, -0.25) is 10.5 Å². The molecule has 1 aromatic carbocycles. The van der Waals surface area contributed by atoms with Crippen LogP contribution in [0.4, 0.5) is 0 Å². The Morgan fingerprint density at radius 1 is 1.33 bits per heavy atom. The van der Waals surface area contributed by atoms with E-state index in [0.717, 1.165) is 0 Å². The molecule has 1 unspecified atom stereocenters. The second-order valence-corrected chi connectivity index (χ2v) is 4.23. The quantitative estimate of drug-likeness (QED) is 0.655. The van der Waals surface area contributed by atoms with Crippen LogP contribution in [0.3, 0.4) is 0 Å². The predicted molar refractivity (Wildman–Crippen MR) is 64.9 cm³/mol. The van der Waals surface area contributed by atoms with E-state index in [4.69, 9.17) is 5.73 Å². The van der Waals surface area contributed by atoms with Crippen LogP contribution in [-0.4, -0.2) is 47.2 Å². The van der Waals surface area contributed by atoms with Crippen LogP contribution in [0.2, 0.25) is 0 Å². The number of carbonyl (C=O) groups excluding carboxylic acids is 1. The number of rotatable bonds is 2. The Balaban J connectivity index is 2.30. The van der Waals surface area contributed by atoms with E-state index in [-0.39, 0.29) is 19.0 Å². The normalized spacial score (nSPS) is 23.7. The van der Waals surface area contributed by atoms with Crippen LogP contribution in [0.1, 0.15) is 10.4 Å². The highest BCUT2D eigenvalue weighted by molar-refractivity contribution is 5.97. The highest BCUT2D eigenvalue weighted by Gasteiger charge is 2.45. The van der Waals surface area contributed by atoms with E-state index in [2.05, 4.69) is 5.32 Å². The van der Waals surface area contributed by atoms with Crippen LogP contribution in [0.25, 0.3) is 0 Å². The number of amides is 1. The zero-order valence-electron chi connectivity index (χ0n) is 9.80. The van der Waals surface area contributed by atoms with Gasteiger partial charge < -0.3 is 15.3 Å². The zero-order valence-corrected chi connectivity index (χ0v) is 9.80. The van der Waals surface area contributed by atoms with E-state index in [9.17, 15) is 14.7 Å². The first-order chi connectivity index (χ1) is 8.55. The van der Waals surface area contributed by atoms with Crippen molar-refractivity contribution in [3.8, 4) is 0 Å². The van der Waals surface area contributed by atoms with Crippen molar-refractivity contribution in [1.29, 1.82) is 0 Å². The first-order valence-electron chi connectivity index (χ1n) is 5.66. The van der Waals surface area contributed by atoms with Crippen LogP contribution in [-0.2, 0) is 4.79 Å². The highest BCUT2D eigenvalue weighted by atomic mass is 16.4. The summed E-state index contributed by atoms with van der Waals surface area (Å²) >= 11 is 0. The Morgan fingerprint density at radius 2 is 2.00 bits per heavy atom.